The standard InChI is InChI=1S/C45H32N4S/c1-3-13-29(14-4-1)43-46-44(30-15-5-2-6-16-30)48-45(47-43)31-25-27-32(28-26-31)49-39-23-9-7-17-33(39)35-19-11-20-36(41(35)49)38-22-12-21-37-34-18-8-10-24-40(34)50-42(37)38/h1-5,7-15,17-28,34,40H,6,16H2. The van der Waals surface area contributed by atoms with Crippen LogP contribution in [-0.2, 0) is 0 Å². The Morgan fingerprint density at radius 3 is 2.16 bits per heavy atom. The summed E-state index contributed by atoms with van der Waals surface area (Å²) in [4.78, 5) is 16.3. The van der Waals surface area contributed by atoms with Crippen molar-refractivity contribution in [2.24, 2.45) is 0 Å². The van der Waals surface area contributed by atoms with Crippen LogP contribution in [0.15, 0.2) is 163 Å². The summed E-state index contributed by atoms with van der Waals surface area (Å²) in [5, 5.41) is 2.94. The van der Waals surface area contributed by atoms with E-state index in [2.05, 4.69) is 144 Å². The third kappa shape index (κ3) is 4.80. The van der Waals surface area contributed by atoms with E-state index in [0.29, 0.717) is 22.8 Å². The molecule has 0 saturated heterocycles. The highest BCUT2D eigenvalue weighted by Gasteiger charge is 2.33. The van der Waals surface area contributed by atoms with Crippen LogP contribution in [-0.4, -0.2) is 24.8 Å². The number of fused-ring (bicyclic) bond motifs is 6. The Morgan fingerprint density at radius 2 is 1.32 bits per heavy atom. The molecule has 0 amide bonds. The van der Waals surface area contributed by atoms with Crippen molar-refractivity contribution in [2.75, 3.05) is 0 Å². The minimum atomic E-state index is 0.418. The van der Waals surface area contributed by atoms with Crippen molar-refractivity contribution in [3.8, 4) is 39.6 Å². The van der Waals surface area contributed by atoms with Gasteiger partial charge in [-0.25, -0.2) is 15.0 Å². The number of para-hydroxylation sites is 2. The molecule has 0 radical (unpaired) electrons. The maximum atomic E-state index is 5.02. The predicted molar refractivity (Wildman–Crippen MR) is 207 cm³/mol. The van der Waals surface area contributed by atoms with E-state index in [-0.39, 0.29) is 0 Å². The molecule has 2 aliphatic carbocycles. The molecule has 7 aromatic rings. The molecule has 2 unspecified atom stereocenters. The fraction of sp³-hybridized carbons (Fsp3) is 0.0889. The monoisotopic (exact) mass is 660 g/mol. The first-order chi connectivity index (χ1) is 24.8. The van der Waals surface area contributed by atoms with Gasteiger partial charge < -0.3 is 4.57 Å². The lowest BCUT2D eigenvalue weighted by molar-refractivity contribution is 0.881. The molecule has 3 aliphatic rings. The van der Waals surface area contributed by atoms with Crippen LogP contribution in [0.2, 0.25) is 0 Å². The zero-order chi connectivity index (χ0) is 33.0. The van der Waals surface area contributed by atoms with Crippen LogP contribution in [0.5, 0.6) is 0 Å². The van der Waals surface area contributed by atoms with Gasteiger partial charge in [0.25, 0.3) is 0 Å². The van der Waals surface area contributed by atoms with Crippen LogP contribution in [0, 0.1) is 0 Å². The van der Waals surface area contributed by atoms with Crippen molar-refractivity contribution in [3.05, 3.63) is 169 Å². The van der Waals surface area contributed by atoms with Crippen molar-refractivity contribution in [1.29, 1.82) is 0 Å². The van der Waals surface area contributed by atoms with E-state index in [4.69, 9.17) is 15.0 Å². The molecule has 0 saturated carbocycles. The van der Waals surface area contributed by atoms with Gasteiger partial charge in [0.05, 0.1) is 11.0 Å². The Labute approximate surface area is 295 Å². The first-order valence-corrected chi connectivity index (χ1v) is 18.1. The molecule has 3 heterocycles. The van der Waals surface area contributed by atoms with E-state index in [0.717, 1.165) is 41.1 Å². The molecule has 10 rings (SSSR count). The van der Waals surface area contributed by atoms with E-state index >= 15 is 0 Å². The van der Waals surface area contributed by atoms with Crippen molar-refractivity contribution in [1.82, 2.24) is 19.5 Å². The van der Waals surface area contributed by atoms with Crippen LogP contribution >= 0.6 is 11.8 Å². The molecule has 238 valence electrons. The SMILES string of the molecule is C1=CCCC(c2nc(-c3ccccc3)nc(-c3ccc(-n4c5ccccc5c5cccc(-c6cccc7c6SC6C=CC=CC76)c54)cc3)n2)=C1. The summed E-state index contributed by atoms with van der Waals surface area (Å²) in [6.45, 7) is 0. The molecular formula is C45H32N4S. The van der Waals surface area contributed by atoms with E-state index in [1.54, 1.807) is 0 Å². The minimum Gasteiger partial charge on any atom is -0.309 e. The number of hydrogen-bond donors (Lipinski definition) is 0. The van der Waals surface area contributed by atoms with E-state index in [9.17, 15) is 0 Å². The third-order valence-corrected chi connectivity index (χ3v) is 11.5. The second kappa shape index (κ2) is 12.0. The van der Waals surface area contributed by atoms with E-state index in [1.807, 2.05) is 30.0 Å². The number of benzene rings is 5. The van der Waals surface area contributed by atoms with Crippen LogP contribution < -0.4 is 0 Å². The van der Waals surface area contributed by atoms with Gasteiger partial charge in [-0.05, 0) is 59.9 Å². The van der Waals surface area contributed by atoms with Gasteiger partial charge in [0, 0.05) is 49.2 Å². The highest BCUT2D eigenvalue weighted by atomic mass is 32.2. The zero-order valence-corrected chi connectivity index (χ0v) is 28.1. The maximum Gasteiger partial charge on any atom is 0.164 e. The van der Waals surface area contributed by atoms with Crippen molar-refractivity contribution in [3.63, 3.8) is 0 Å². The summed E-state index contributed by atoms with van der Waals surface area (Å²) in [7, 11) is 0. The smallest absolute Gasteiger partial charge is 0.164 e. The summed E-state index contributed by atoms with van der Waals surface area (Å²) < 4.78 is 2.43. The van der Waals surface area contributed by atoms with E-state index < -0.39 is 0 Å². The molecule has 2 aromatic heterocycles. The van der Waals surface area contributed by atoms with Crippen LogP contribution in [0.25, 0.3) is 67.0 Å². The normalized spacial score (nSPS) is 17.6. The number of nitrogens with zero attached hydrogens (tertiary/aromatic N) is 4. The lowest BCUT2D eigenvalue weighted by atomic mass is 9.90. The van der Waals surface area contributed by atoms with Crippen LogP contribution in [0.4, 0.5) is 0 Å². The molecule has 1 aliphatic heterocycles. The van der Waals surface area contributed by atoms with Gasteiger partial charge in [0.1, 0.15) is 0 Å². The highest BCUT2D eigenvalue weighted by Crippen LogP contribution is 2.52. The first-order valence-electron chi connectivity index (χ1n) is 17.3. The fourth-order valence-corrected chi connectivity index (χ4v) is 9.17. The Kier molecular flexibility index (Phi) is 6.98. The molecule has 2 atom stereocenters. The molecule has 50 heavy (non-hydrogen) atoms. The van der Waals surface area contributed by atoms with E-state index in [1.165, 1.54) is 43.4 Å². The summed E-state index contributed by atoms with van der Waals surface area (Å²) >= 11 is 2.00. The first kappa shape index (κ1) is 29.2. The minimum absolute atomic E-state index is 0.418. The number of rotatable bonds is 5. The third-order valence-electron chi connectivity index (χ3n) is 10.1. The average molecular weight is 661 g/mol. The number of thioether (sulfide) groups is 1. The molecule has 0 fully saturated rings. The summed E-state index contributed by atoms with van der Waals surface area (Å²) in [5.74, 6) is 2.53. The molecule has 5 heteroatoms. The second-order valence-corrected chi connectivity index (χ2v) is 14.2. The molecule has 5 aromatic carbocycles. The largest absolute Gasteiger partial charge is 0.309 e. The maximum absolute atomic E-state index is 5.02. The quantitative estimate of drug-likeness (QED) is 0.184. The van der Waals surface area contributed by atoms with Gasteiger partial charge >= 0.3 is 0 Å². The Bertz CT molecular complexity index is 2570. The molecule has 0 N–H and O–H groups in total. The van der Waals surface area contributed by atoms with Crippen LogP contribution in [0.1, 0.15) is 30.1 Å². The zero-order valence-electron chi connectivity index (χ0n) is 27.3. The Hall–Kier alpha value is -5.78. The summed E-state index contributed by atoms with van der Waals surface area (Å²) in [6.07, 6.45) is 17.4. The van der Waals surface area contributed by atoms with Gasteiger partial charge in [-0.2, -0.15) is 0 Å². The predicted octanol–water partition coefficient (Wildman–Crippen LogP) is 11.4. The van der Waals surface area contributed by atoms with Gasteiger partial charge in [-0.3, -0.25) is 0 Å². The topological polar surface area (TPSA) is 43.6 Å². The Balaban J connectivity index is 1.13. The van der Waals surface area contributed by atoms with Gasteiger partial charge in [-0.1, -0.05) is 127 Å². The summed E-state index contributed by atoms with van der Waals surface area (Å²) in [5.41, 5.74) is 10.6. The highest BCUT2D eigenvalue weighted by molar-refractivity contribution is 8.00. The van der Waals surface area contributed by atoms with Crippen molar-refractivity contribution in [2.45, 2.75) is 28.9 Å². The van der Waals surface area contributed by atoms with Gasteiger partial charge in [0.15, 0.2) is 17.5 Å². The number of aromatic nitrogens is 4. The number of hydrogen-bond acceptors (Lipinski definition) is 4. The van der Waals surface area contributed by atoms with Gasteiger partial charge in [-0.15, -0.1) is 11.8 Å². The van der Waals surface area contributed by atoms with Gasteiger partial charge in [0.2, 0.25) is 0 Å². The van der Waals surface area contributed by atoms with Crippen LogP contribution in [0.3, 0.4) is 0 Å². The lowest BCUT2D eigenvalue weighted by Crippen LogP contribution is -2.06. The molecular weight excluding hydrogens is 629 g/mol. The second-order valence-electron chi connectivity index (χ2n) is 13.0. The number of allylic oxidation sites excluding steroid dienone is 7. The average Bonchev–Trinajstić information content (AvgIpc) is 3.75. The molecule has 0 bridgehead atoms. The molecule has 0 spiro atoms. The van der Waals surface area contributed by atoms with Crippen molar-refractivity contribution < 1.29 is 0 Å². The lowest BCUT2D eigenvalue weighted by Gasteiger charge is -2.15. The summed E-state index contributed by atoms with van der Waals surface area (Å²) in [6, 6.07) is 41.3. The fourth-order valence-electron chi connectivity index (χ4n) is 7.69. The van der Waals surface area contributed by atoms with Crippen molar-refractivity contribution >= 4 is 39.1 Å². The Morgan fingerprint density at radius 1 is 0.600 bits per heavy atom. The molecule has 4 nitrogen and oxygen atoms in total.